The largest absolute Gasteiger partial charge is 0.388 e. The SMILES string of the molecule is Cc1ncsc1-c1ccc(CNC(=O)[C@@H]2[C@@H](F)[C@@H](O)CN2C(=O)C(NC(=O)C2(C#N)CC2)C(C)(C)C)cc1. The first kappa shape index (κ1) is 27.7. The molecule has 0 bridgehead atoms. The summed E-state index contributed by atoms with van der Waals surface area (Å²) in [5.41, 5.74) is 2.54. The summed E-state index contributed by atoms with van der Waals surface area (Å²) in [7, 11) is 0. The van der Waals surface area contributed by atoms with E-state index in [-0.39, 0.29) is 13.1 Å². The van der Waals surface area contributed by atoms with E-state index in [1.165, 1.54) is 11.3 Å². The van der Waals surface area contributed by atoms with E-state index in [0.29, 0.717) is 12.8 Å². The predicted octanol–water partition coefficient (Wildman–Crippen LogP) is 2.48. The van der Waals surface area contributed by atoms with Gasteiger partial charge in [0.1, 0.15) is 23.6 Å². The van der Waals surface area contributed by atoms with E-state index < -0.39 is 52.9 Å². The van der Waals surface area contributed by atoms with E-state index in [0.717, 1.165) is 26.6 Å². The van der Waals surface area contributed by atoms with Crippen LogP contribution in [0.15, 0.2) is 29.8 Å². The van der Waals surface area contributed by atoms with Crippen molar-refractivity contribution in [3.8, 4) is 16.5 Å². The van der Waals surface area contributed by atoms with Crippen LogP contribution in [0.25, 0.3) is 10.4 Å². The van der Waals surface area contributed by atoms with Crippen molar-refractivity contribution >= 4 is 29.1 Å². The number of aryl methyl sites for hydroxylation is 1. The molecule has 2 heterocycles. The van der Waals surface area contributed by atoms with Crippen LogP contribution in [0.3, 0.4) is 0 Å². The molecule has 4 rings (SSSR count). The lowest BCUT2D eigenvalue weighted by Gasteiger charge is -2.35. The van der Waals surface area contributed by atoms with E-state index in [4.69, 9.17) is 0 Å². The van der Waals surface area contributed by atoms with Crippen LogP contribution in [-0.2, 0) is 20.9 Å². The number of carbonyl (C=O) groups excluding carboxylic acids is 3. The number of amides is 3. The number of carbonyl (C=O) groups is 3. The third kappa shape index (κ3) is 5.42. The van der Waals surface area contributed by atoms with Gasteiger partial charge in [0.2, 0.25) is 17.7 Å². The lowest BCUT2D eigenvalue weighted by Crippen LogP contribution is -2.59. The second-order valence-electron chi connectivity index (χ2n) is 11.1. The Kier molecular flexibility index (Phi) is 7.59. The number of thiazole rings is 1. The van der Waals surface area contributed by atoms with Crippen LogP contribution in [0.2, 0.25) is 0 Å². The van der Waals surface area contributed by atoms with Crippen molar-refractivity contribution in [1.82, 2.24) is 20.5 Å². The molecule has 1 aromatic carbocycles. The topological polar surface area (TPSA) is 135 Å². The van der Waals surface area contributed by atoms with E-state index in [1.54, 1.807) is 26.3 Å². The first-order valence-corrected chi connectivity index (χ1v) is 13.4. The summed E-state index contributed by atoms with van der Waals surface area (Å²) in [6.45, 7) is 6.84. The molecule has 2 aromatic rings. The number of nitrogens with one attached hydrogen (secondary N) is 2. The number of β-amino-alcohol motifs (C(OH)–C–C–N with tert-alkyl or cyclic N) is 1. The van der Waals surface area contributed by atoms with E-state index in [9.17, 15) is 24.8 Å². The Labute approximate surface area is 225 Å². The number of halogens is 1. The lowest BCUT2D eigenvalue weighted by molar-refractivity contribution is -0.145. The highest BCUT2D eigenvalue weighted by Crippen LogP contribution is 2.45. The first-order valence-electron chi connectivity index (χ1n) is 12.5. The van der Waals surface area contributed by atoms with Gasteiger partial charge >= 0.3 is 0 Å². The van der Waals surface area contributed by atoms with Gasteiger partial charge in [0, 0.05) is 6.54 Å². The molecule has 0 spiro atoms. The molecule has 38 heavy (non-hydrogen) atoms. The maximum absolute atomic E-state index is 15.1. The molecule has 0 radical (unpaired) electrons. The molecule has 1 saturated heterocycles. The van der Waals surface area contributed by atoms with Gasteiger partial charge in [0.25, 0.3) is 0 Å². The van der Waals surface area contributed by atoms with Gasteiger partial charge < -0.3 is 20.6 Å². The zero-order chi connectivity index (χ0) is 27.8. The molecule has 11 heteroatoms. The highest BCUT2D eigenvalue weighted by Gasteiger charge is 2.54. The number of aliphatic hydroxyl groups excluding tert-OH is 1. The maximum Gasteiger partial charge on any atom is 0.246 e. The summed E-state index contributed by atoms with van der Waals surface area (Å²) in [4.78, 5) is 45.7. The summed E-state index contributed by atoms with van der Waals surface area (Å²) in [5.74, 6) is -1.97. The van der Waals surface area contributed by atoms with Crippen molar-refractivity contribution in [2.24, 2.45) is 10.8 Å². The Balaban J connectivity index is 1.46. The molecular formula is C27H32FN5O4S. The average Bonchev–Trinajstić information content (AvgIpc) is 3.48. The molecule has 1 aromatic heterocycles. The van der Waals surface area contributed by atoms with Gasteiger partial charge in [0.15, 0.2) is 6.17 Å². The maximum atomic E-state index is 15.1. The van der Waals surface area contributed by atoms with Crippen LogP contribution in [0.5, 0.6) is 0 Å². The van der Waals surface area contributed by atoms with Crippen LogP contribution in [0.1, 0.15) is 44.9 Å². The van der Waals surface area contributed by atoms with Gasteiger partial charge in [-0.2, -0.15) is 5.26 Å². The Morgan fingerprint density at radius 2 is 1.95 bits per heavy atom. The first-order chi connectivity index (χ1) is 17.9. The summed E-state index contributed by atoms with van der Waals surface area (Å²) < 4.78 is 15.1. The zero-order valence-electron chi connectivity index (χ0n) is 21.8. The smallest absolute Gasteiger partial charge is 0.246 e. The minimum atomic E-state index is -1.99. The van der Waals surface area contributed by atoms with Gasteiger partial charge in [-0.15, -0.1) is 11.3 Å². The van der Waals surface area contributed by atoms with Gasteiger partial charge in [-0.05, 0) is 36.3 Å². The number of hydrogen-bond donors (Lipinski definition) is 3. The minimum absolute atomic E-state index is 0.103. The quantitative estimate of drug-likeness (QED) is 0.493. The lowest BCUT2D eigenvalue weighted by atomic mass is 9.85. The number of rotatable bonds is 7. The molecule has 1 aliphatic heterocycles. The monoisotopic (exact) mass is 541 g/mol. The van der Waals surface area contributed by atoms with Crippen molar-refractivity contribution < 1.29 is 23.9 Å². The normalized spacial score (nSPS) is 22.9. The van der Waals surface area contributed by atoms with Crippen molar-refractivity contribution in [1.29, 1.82) is 5.26 Å². The van der Waals surface area contributed by atoms with Crippen molar-refractivity contribution in [3.63, 3.8) is 0 Å². The highest BCUT2D eigenvalue weighted by atomic mass is 32.1. The Hall–Kier alpha value is -3.36. The van der Waals surface area contributed by atoms with Crippen molar-refractivity contribution in [2.75, 3.05) is 6.54 Å². The van der Waals surface area contributed by atoms with Crippen LogP contribution in [-0.4, -0.2) is 63.6 Å². The number of benzene rings is 1. The van der Waals surface area contributed by atoms with E-state index >= 15 is 4.39 Å². The fourth-order valence-electron chi connectivity index (χ4n) is 4.56. The fraction of sp³-hybridized carbons (Fsp3) is 0.519. The molecule has 1 saturated carbocycles. The number of aliphatic hydroxyl groups is 1. The van der Waals surface area contributed by atoms with Crippen LogP contribution >= 0.6 is 11.3 Å². The van der Waals surface area contributed by atoms with Crippen molar-refractivity contribution in [3.05, 3.63) is 41.0 Å². The third-order valence-corrected chi connectivity index (χ3v) is 8.13. The molecule has 3 amide bonds. The van der Waals surface area contributed by atoms with Crippen molar-refractivity contribution in [2.45, 2.75) is 71.4 Å². The Morgan fingerprint density at radius 1 is 1.29 bits per heavy atom. The summed E-state index contributed by atoms with van der Waals surface area (Å²) in [6, 6.07) is 6.87. The molecule has 4 atom stereocenters. The number of likely N-dealkylation sites (tertiary alicyclic amines) is 1. The van der Waals surface area contributed by atoms with E-state index in [1.807, 2.05) is 37.3 Å². The molecule has 9 nitrogen and oxygen atoms in total. The Morgan fingerprint density at radius 3 is 2.47 bits per heavy atom. The van der Waals surface area contributed by atoms with Crippen LogP contribution < -0.4 is 10.6 Å². The molecule has 1 aliphatic carbocycles. The highest BCUT2D eigenvalue weighted by molar-refractivity contribution is 7.13. The molecule has 1 unspecified atom stereocenters. The minimum Gasteiger partial charge on any atom is -0.388 e. The number of aromatic nitrogens is 1. The number of hydrogen-bond acceptors (Lipinski definition) is 7. The zero-order valence-corrected chi connectivity index (χ0v) is 22.6. The summed E-state index contributed by atoms with van der Waals surface area (Å²) >= 11 is 1.53. The average molecular weight is 542 g/mol. The molecule has 2 aliphatic rings. The van der Waals surface area contributed by atoms with Gasteiger partial charge in [-0.1, -0.05) is 45.0 Å². The number of nitriles is 1. The standard InChI is InChI=1S/C27H32FN5O4S/c1-15-21(38-14-31-15)17-7-5-16(6-8-17)11-30-23(35)20-19(28)18(34)12-33(20)24(36)22(26(2,3)4)32-25(37)27(13-29)9-10-27/h5-8,14,18-20,22,34H,9-12H2,1-4H3,(H,30,35)(H,32,37)/t18-,19-,20-,22?/m0/s1. The number of nitrogens with zero attached hydrogens (tertiary/aromatic N) is 3. The second-order valence-corrected chi connectivity index (χ2v) is 12.0. The van der Waals surface area contributed by atoms with Gasteiger partial charge in [-0.3, -0.25) is 14.4 Å². The van der Waals surface area contributed by atoms with Crippen LogP contribution in [0.4, 0.5) is 4.39 Å². The molecule has 2 fully saturated rings. The molecule has 202 valence electrons. The number of alkyl halides is 1. The van der Waals surface area contributed by atoms with E-state index in [2.05, 4.69) is 15.6 Å². The van der Waals surface area contributed by atoms with Crippen LogP contribution in [0, 0.1) is 29.1 Å². The van der Waals surface area contributed by atoms with Gasteiger partial charge in [0.05, 0.1) is 28.7 Å². The molecule has 3 N–H and O–H groups in total. The second kappa shape index (κ2) is 10.4. The third-order valence-electron chi connectivity index (χ3n) is 7.16. The summed E-state index contributed by atoms with van der Waals surface area (Å²) in [5, 5.41) is 24.9. The summed E-state index contributed by atoms with van der Waals surface area (Å²) in [6.07, 6.45) is -2.71. The predicted molar refractivity (Wildman–Crippen MR) is 139 cm³/mol. The fourth-order valence-corrected chi connectivity index (χ4v) is 5.37. The molecular weight excluding hydrogens is 509 g/mol. The Bertz CT molecular complexity index is 1260. The van der Waals surface area contributed by atoms with Gasteiger partial charge in [-0.25, -0.2) is 9.37 Å².